The molecule has 4 heteroatoms. The molecule has 5 aromatic rings. The third kappa shape index (κ3) is 4.58. The zero-order valence-electron chi connectivity index (χ0n) is 25.0. The zero-order valence-corrected chi connectivity index (χ0v) is 25.0. The number of para-hydroxylation sites is 1. The highest BCUT2D eigenvalue weighted by atomic mass is 16.5. The fraction of sp³-hybridized carbons (Fsp3) is 0.205. The number of hydrogen-bond donors (Lipinski definition) is 1. The quantitative estimate of drug-likeness (QED) is 0.215. The van der Waals surface area contributed by atoms with E-state index in [9.17, 15) is 9.90 Å². The number of ether oxygens (including phenoxy) is 2. The predicted molar refractivity (Wildman–Crippen MR) is 171 cm³/mol. The van der Waals surface area contributed by atoms with Crippen LogP contribution >= 0.6 is 0 Å². The summed E-state index contributed by atoms with van der Waals surface area (Å²) in [6.07, 6.45) is 2.95. The average Bonchev–Trinajstić information content (AvgIpc) is 3.00. The van der Waals surface area contributed by atoms with Gasteiger partial charge in [0.15, 0.2) is 5.78 Å². The molecule has 0 atom stereocenters. The number of ketones is 1. The van der Waals surface area contributed by atoms with Crippen molar-refractivity contribution >= 4 is 5.78 Å². The van der Waals surface area contributed by atoms with E-state index in [0.717, 1.165) is 80.0 Å². The van der Waals surface area contributed by atoms with Crippen molar-refractivity contribution in [2.45, 2.75) is 53.4 Å². The Morgan fingerprint density at radius 1 is 0.651 bits per heavy atom. The minimum Gasteiger partial charge on any atom is -0.507 e. The van der Waals surface area contributed by atoms with Gasteiger partial charge in [-0.25, -0.2) is 0 Å². The molecule has 0 aromatic heterocycles. The Bertz CT molecular complexity index is 1950. The van der Waals surface area contributed by atoms with Gasteiger partial charge >= 0.3 is 0 Å². The van der Waals surface area contributed by atoms with Gasteiger partial charge in [-0.15, -0.1) is 0 Å². The summed E-state index contributed by atoms with van der Waals surface area (Å²) in [6, 6.07) is 26.2. The Labute approximate surface area is 252 Å². The summed E-state index contributed by atoms with van der Waals surface area (Å²) in [5, 5.41) is 11.8. The molecule has 4 nitrogen and oxygen atoms in total. The molecule has 0 heterocycles. The number of carbonyl (C=O) groups excluding carboxylic acids is 1. The minimum absolute atomic E-state index is 0.0146. The molecule has 0 unspecified atom stereocenters. The molecule has 0 radical (unpaired) electrons. The predicted octanol–water partition coefficient (Wildman–Crippen LogP) is 9.64. The van der Waals surface area contributed by atoms with E-state index < -0.39 is 0 Å². The zero-order chi connectivity index (χ0) is 29.8. The lowest BCUT2D eigenvalue weighted by molar-refractivity contribution is 0.101. The lowest BCUT2D eigenvalue weighted by Gasteiger charge is -2.31. The van der Waals surface area contributed by atoms with Crippen LogP contribution in [0.2, 0.25) is 0 Å². The minimum atomic E-state index is -0.0146. The van der Waals surface area contributed by atoms with Crippen LogP contribution in [0.4, 0.5) is 0 Å². The van der Waals surface area contributed by atoms with Gasteiger partial charge in [-0.1, -0.05) is 42.5 Å². The number of phenols is 1. The van der Waals surface area contributed by atoms with Crippen molar-refractivity contribution in [3.8, 4) is 51.0 Å². The number of aromatic hydroxyl groups is 1. The summed E-state index contributed by atoms with van der Waals surface area (Å²) >= 11 is 0. The van der Waals surface area contributed by atoms with E-state index in [-0.39, 0.29) is 5.78 Å². The van der Waals surface area contributed by atoms with E-state index in [2.05, 4.69) is 32.0 Å². The molecule has 43 heavy (non-hydrogen) atoms. The maximum absolute atomic E-state index is 13.7. The summed E-state index contributed by atoms with van der Waals surface area (Å²) in [5.74, 6) is 3.32. The first-order valence-corrected chi connectivity index (χ1v) is 15.0. The number of aryl methyl sites for hydroxylation is 4. The summed E-state index contributed by atoms with van der Waals surface area (Å²) < 4.78 is 12.7. The van der Waals surface area contributed by atoms with Crippen molar-refractivity contribution in [2.75, 3.05) is 0 Å². The fourth-order valence-electron chi connectivity index (χ4n) is 6.70. The molecule has 0 amide bonds. The Hall–Kier alpha value is -4.83. The van der Waals surface area contributed by atoms with Gasteiger partial charge in [0, 0.05) is 27.8 Å². The smallest absolute Gasteiger partial charge is 0.161 e. The number of phenolic OH excluding ortho intramolecular Hbond substituents is 1. The second kappa shape index (κ2) is 10.5. The third-order valence-corrected chi connectivity index (χ3v) is 9.12. The highest BCUT2D eigenvalue weighted by Gasteiger charge is 2.33. The lowest BCUT2D eigenvalue weighted by Crippen LogP contribution is -2.16. The van der Waals surface area contributed by atoms with Crippen molar-refractivity contribution in [3.05, 3.63) is 123 Å². The van der Waals surface area contributed by atoms with Crippen LogP contribution in [0.15, 0.2) is 78.9 Å². The molecular formula is C39H34O4. The van der Waals surface area contributed by atoms with E-state index in [1.54, 1.807) is 6.92 Å². The Balaban J connectivity index is 1.40. The van der Waals surface area contributed by atoms with E-state index in [0.29, 0.717) is 35.7 Å². The molecule has 2 aliphatic carbocycles. The normalized spacial score (nSPS) is 12.9. The molecule has 7 rings (SSSR count). The monoisotopic (exact) mass is 566 g/mol. The topological polar surface area (TPSA) is 55.8 Å². The van der Waals surface area contributed by atoms with Crippen molar-refractivity contribution in [1.82, 2.24) is 0 Å². The first kappa shape index (κ1) is 27.0. The van der Waals surface area contributed by atoms with Crippen molar-refractivity contribution in [2.24, 2.45) is 0 Å². The van der Waals surface area contributed by atoms with E-state index in [4.69, 9.17) is 9.47 Å². The van der Waals surface area contributed by atoms with Gasteiger partial charge in [-0.3, -0.25) is 4.79 Å². The Morgan fingerprint density at radius 3 is 1.77 bits per heavy atom. The first-order chi connectivity index (χ1) is 20.8. The average molecular weight is 567 g/mol. The summed E-state index contributed by atoms with van der Waals surface area (Å²) in [7, 11) is 0. The fourth-order valence-corrected chi connectivity index (χ4v) is 6.70. The van der Waals surface area contributed by atoms with Crippen LogP contribution < -0.4 is 9.47 Å². The van der Waals surface area contributed by atoms with E-state index in [1.807, 2.05) is 67.6 Å². The van der Waals surface area contributed by atoms with Crippen LogP contribution in [-0.2, 0) is 25.7 Å². The molecule has 0 spiro atoms. The number of rotatable bonds is 5. The molecule has 0 fully saturated rings. The first-order valence-electron chi connectivity index (χ1n) is 15.0. The number of fused-ring (bicyclic) bond motifs is 6. The molecule has 214 valence electrons. The largest absolute Gasteiger partial charge is 0.507 e. The van der Waals surface area contributed by atoms with Gasteiger partial charge < -0.3 is 14.6 Å². The van der Waals surface area contributed by atoms with Crippen LogP contribution in [0.1, 0.15) is 56.2 Å². The van der Waals surface area contributed by atoms with E-state index >= 15 is 0 Å². The van der Waals surface area contributed by atoms with E-state index in [1.165, 1.54) is 5.56 Å². The Morgan fingerprint density at radius 2 is 1.19 bits per heavy atom. The molecule has 0 saturated heterocycles. The SMILES string of the molecule is CC(=O)c1c2c(c(O)c3c1-c1cc(Oc4cccc(C)c4C)ccc1CC3)CCc1ccc(Oc3ccccc3C)cc1-2. The molecule has 0 aliphatic heterocycles. The lowest BCUT2D eigenvalue weighted by atomic mass is 9.73. The number of carbonyl (C=O) groups is 1. The van der Waals surface area contributed by atoms with Gasteiger partial charge in [0.25, 0.3) is 0 Å². The second-order valence-corrected chi connectivity index (χ2v) is 11.8. The number of benzene rings is 5. The molecule has 0 bridgehead atoms. The highest BCUT2D eigenvalue weighted by Crippen LogP contribution is 2.51. The maximum atomic E-state index is 13.7. The molecule has 0 saturated carbocycles. The van der Waals surface area contributed by atoms with Gasteiger partial charge in [0.1, 0.15) is 28.7 Å². The molecule has 5 aromatic carbocycles. The van der Waals surface area contributed by atoms with Crippen molar-refractivity contribution < 1.29 is 19.4 Å². The molecule has 1 N–H and O–H groups in total. The van der Waals surface area contributed by atoms with Crippen LogP contribution in [0.5, 0.6) is 28.7 Å². The standard InChI is InChI=1S/C39H34O4/c1-22-9-7-11-35(24(22)3)43-29-17-13-27-15-19-31-38(33(27)21-29)36(25(4)40)37-30(39(31)41)18-14-26-12-16-28(20-32(26)37)42-34-10-6-5-8-23(34)2/h5-13,16-17,20-21,41H,14-15,18-19H2,1-4H3. The summed E-state index contributed by atoms with van der Waals surface area (Å²) in [5.41, 5.74) is 11.5. The number of hydrogen-bond acceptors (Lipinski definition) is 4. The van der Waals surface area contributed by atoms with Crippen molar-refractivity contribution in [3.63, 3.8) is 0 Å². The van der Waals surface area contributed by atoms with Crippen LogP contribution in [0.25, 0.3) is 22.3 Å². The van der Waals surface area contributed by atoms with Crippen LogP contribution in [0, 0.1) is 20.8 Å². The Kier molecular flexibility index (Phi) is 6.58. The van der Waals surface area contributed by atoms with Gasteiger partial charge in [0.2, 0.25) is 0 Å². The molecular weight excluding hydrogens is 532 g/mol. The van der Waals surface area contributed by atoms with Crippen molar-refractivity contribution in [1.29, 1.82) is 0 Å². The van der Waals surface area contributed by atoms with Crippen LogP contribution in [0.3, 0.4) is 0 Å². The second-order valence-electron chi connectivity index (χ2n) is 11.8. The summed E-state index contributed by atoms with van der Waals surface area (Å²) in [6.45, 7) is 7.80. The third-order valence-electron chi connectivity index (χ3n) is 9.12. The van der Waals surface area contributed by atoms with Gasteiger partial charge in [-0.05, 0) is 129 Å². The summed E-state index contributed by atoms with van der Waals surface area (Å²) in [4.78, 5) is 13.7. The molecule has 2 aliphatic rings. The van der Waals surface area contributed by atoms with Crippen LogP contribution in [-0.4, -0.2) is 10.9 Å². The number of Topliss-reactive ketones (excluding diaryl/α,β-unsaturated/α-hetero) is 1. The maximum Gasteiger partial charge on any atom is 0.161 e. The highest BCUT2D eigenvalue weighted by molar-refractivity contribution is 6.10. The van der Waals surface area contributed by atoms with Gasteiger partial charge in [0.05, 0.1) is 0 Å². The van der Waals surface area contributed by atoms with Gasteiger partial charge in [-0.2, -0.15) is 0 Å².